The minimum absolute atomic E-state index is 0.304. The average molecular weight is 199 g/mol. The number of halogens is 1. The van der Waals surface area contributed by atoms with E-state index in [1.807, 2.05) is 13.8 Å². The van der Waals surface area contributed by atoms with Gasteiger partial charge in [0.25, 0.3) is 0 Å². The normalized spacial score (nSPS) is 10.1. The summed E-state index contributed by atoms with van der Waals surface area (Å²) < 4.78 is 0. The van der Waals surface area contributed by atoms with E-state index in [4.69, 9.17) is 16.7 Å². The molecule has 0 bridgehead atoms. The number of hydrogen-bond acceptors (Lipinski definition) is 1. The van der Waals surface area contributed by atoms with Crippen molar-refractivity contribution in [3.63, 3.8) is 0 Å². The minimum Gasteiger partial charge on any atom is -0.478 e. The van der Waals surface area contributed by atoms with E-state index in [1.54, 1.807) is 12.1 Å². The second kappa shape index (κ2) is 3.79. The Morgan fingerprint density at radius 3 is 2.62 bits per heavy atom. The third kappa shape index (κ3) is 2.01. The van der Waals surface area contributed by atoms with Crippen LogP contribution >= 0.6 is 11.6 Å². The molecule has 0 aliphatic rings. The van der Waals surface area contributed by atoms with Crippen LogP contribution < -0.4 is 0 Å². The van der Waals surface area contributed by atoms with Crippen LogP contribution in [0.15, 0.2) is 12.1 Å². The van der Waals surface area contributed by atoms with Crippen LogP contribution in [0.1, 0.15) is 28.4 Å². The zero-order chi connectivity index (χ0) is 10.0. The van der Waals surface area contributed by atoms with Crippen LogP contribution in [0.3, 0.4) is 0 Å². The zero-order valence-corrected chi connectivity index (χ0v) is 8.35. The van der Waals surface area contributed by atoms with E-state index in [2.05, 4.69) is 0 Å². The summed E-state index contributed by atoms with van der Waals surface area (Å²) in [5, 5.41) is 9.45. The van der Waals surface area contributed by atoms with E-state index in [-0.39, 0.29) is 0 Å². The first-order chi connectivity index (χ1) is 6.06. The summed E-state index contributed by atoms with van der Waals surface area (Å²) in [6.07, 6.45) is 0.751. The Bertz CT molecular complexity index is 345. The molecule has 0 radical (unpaired) electrons. The fourth-order valence-electron chi connectivity index (χ4n) is 1.22. The van der Waals surface area contributed by atoms with Gasteiger partial charge in [-0.2, -0.15) is 0 Å². The summed E-state index contributed by atoms with van der Waals surface area (Å²) in [6.45, 7) is 3.76. The highest BCUT2D eigenvalue weighted by Gasteiger charge is 2.08. The van der Waals surface area contributed by atoms with Crippen molar-refractivity contribution in [1.29, 1.82) is 0 Å². The predicted molar refractivity (Wildman–Crippen MR) is 52.5 cm³/mol. The van der Waals surface area contributed by atoms with Crippen molar-refractivity contribution >= 4 is 17.6 Å². The zero-order valence-electron chi connectivity index (χ0n) is 7.60. The van der Waals surface area contributed by atoms with Gasteiger partial charge in [0.1, 0.15) is 0 Å². The van der Waals surface area contributed by atoms with Gasteiger partial charge in [0.15, 0.2) is 0 Å². The lowest BCUT2D eigenvalue weighted by molar-refractivity contribution is 0.0696. The molecular formula is C10H11ClO2. The van der Waals surface area contributed by atoms with Crippen LogP contribution in [0.2, 0.25) is 5.02 Å². The molecule has 1 N–H and O–H groups in total. The molecule has 0 amide bonds. The summed E-state index contributed by atoms with van der Waals surface area (Å²) in [7, 11) is 0. The summed E-state index contributed by atoms with van der Waals surface area (Å²) in [4.78, 5) is 10.7. The van der Waals surface area contributed by atoms with Gasteiger partial charge in [-0.25, -0.2) is 4.79 Å². The first kappa shape index (κ1) is 10.1. The van der Waals surface area contributed by atoms with E-state index in [0.29, 0.717) is 10.6 Å². The molecule has 0 aliphatic carbocycles. The molecule has 0 heterocycles. The molecule has 0 fully saturated rings. The molecule has 0 atom stereocenters. The summed E-state index contributed by atoms with van der Waals surface area (Å²) in [5.74, 6) is -0.908. The van der Waals surface area contributed by atoms with Gasteiger partial charge in [-0.3, -0.25) is 0 Å². The van der Waals surface area contributed by atoms with Crippen molar-refractivity contribution < 1.29 is 9.90 Å². The van der Waals surface area contributed by atoms with Gasteiger partial charge in [0.2, 0.25) is 0 Å². The Hall–Kier alpha value is -1.02. The summed E-state index contributed by atoms with van der Waals surface area (Å²) >= 11 is 5.98. The molecule has 70 valence electrons. The molecule has 1 aromatic rings. The second-order valence-corrected chi connectivity index (χ2v) is 3.30. The van der Waals surface area contributed by atoms with Crippen LogP contribution in [0.25, 0.3) is 0 Å². The predicted octanol–water partition coefficient (Wildman–Crippen LogP) is 2.91. The van der Waals surface area contributed by atoms with Crippen LogP contribution in [0.4, 0.5) is 0 Å². The van der Waals surface area contributed by atoms with Crippen molar-refractivity contribution in [3.8, 4) is 0 Å². The number of hydrogen-bond donors (Lipinski definition) is 1. The van der Waals surface area contributed by atoms with E-state index in [1.165, 1.54) is 0 Å². The Labute approximate surface area is 82.2 Å². The molecule has 13 heavy (non-hydrogen) atoms. The topological polar surface area (TPSA) is 37.3 Å². The number of carboxylic acids is 1. The number of carboxylic acid groups (broad SMARTS) is 1. The largest absolute Gasteiger partial charge is 0.478 e. The van der Waals surface area contributed by atoms with Crippen LogP contribution in [0.5, 0.6) is 0 Å². The van der Waals surface area contributed by atoms with Crippen molar-refractivity contribution in [1.82, 2.24) is 0 Å². The molecule has 0 aromatic heterocycles. The van der Waals surface area contributed by atoms with Gasteiger partial charge in [0, 0.05) is 5.02 Å². The van der Waals surface area contributed by atoms with Gasteiger partial charge in [-0.05, 0) is 36.6 Å². The maximum atomic E-state index is 10.7. The number of benzene rings is 1. The number of rotatable bonds is 2. The van der Waals surface area contributed by atoms with E-state index < -0.39 is 5.97 Å². The third-order valence-electron chi connectivity index (χ3n) is 1.96. The molecule has 1 aromatic carbocycles. The van der Waals surface area contributed by atoms with Crippen molar-refractivity contribution in [2.75, 3.05) is 0 Å². The van der Waals surface area contributed by atoms with E-state index >= 15 is 0 Å². The van der Waals surface area contributed by atoms with Gasteiger partial charge in [-0.15, -0.1) is 0 Å². The van der Waals surface area contributed by atoms with E-state index in [9.17, 15) is 4.79 Å². The molecule has 0 saturated carbocycles. The third-order valence-corrected chi connectivity index (χ3v) is 2.50. The second-order valence-electron chi connectivity index (χ2n) is 2.92. The lowest BCUT2D eigenvalue weighted by Gasteiger charge is -2.06. The van der Waals surface area contributed by atoms with Crippen LogP contribution in [0, 0.1) is 6.92 Å². The first-order valence-corrected chi connectivity index (χ1v) is 4.46. The fourth-order valence-corrected chi connectivity index (χ4v) is 1.47. The summed E-state index contributed by atoms with van der Waals surface area (Å²) in [6, 6.07) is 3.21. The van der Waals surface area contributed by atoms with Crippen molar-refractivity contribution in [2.45, 2.75) is 20.3 Å². The monoisotopic (exact) mass is 198 g/mol. The minimum atomic E-state index is -0.908. The molecule has 0 unspecified atom stereocenters. The molecule has 0 saturated heterocycles. The maximum Gasteiger partial charge on any atom is 0.335 e. The lowest BCUT2D eigenvalue weighted by atomic mass is 10.0. The molecule has 0 aliphatic heterocycles. The van der Waals surface area contributed by atoms with Crippen molar-refractivity contribution in [3.05, 3.63) is 33.8 Å². The number of aromatic carboxylic acids is 1. The Morgan fingerprint density at radius 2 is 2.15 bits per heavy atom. The number of carbonyl (C=O) groups is 1. The van der Waals surface area contributed by atoms with Gasteiger partial charge < -0.3 is 5.11 Å². The van der Waals surface area contributed by atoms with Crippen LogP contribution in [-0.2, 0) is 6.42 Å². The highest BCUT2D eigenvalue weighted by atomic mass is 35.5. The molecule has 2 nitrogen and oxygen atoms in total. The smallest absolute Gasteiger partial charge is 0.335 e. The highest BCUT2D eigenvalue weighted by Crippen LogP contribution is 2.23. The highest BCUT2D eigenvalue weighted by molar-refractivity contribution is 6.32. The maximum absolute atomic E-state index is 10.7. The Morgan fingerprint density at radius 1 is 1.54 bits per heavy atom. The molecule has 3 heteroatoms. The lowest BCUT2D eigenvalue weighted by Crippen LogP contribution is -1.99. The van der Waals surface area contributed by atoms with Crippen molar-refractivity contribution in [2.24, 2.45) is 0 Å². The molecule has 1 rings (SSSR count). The van der Waals surface area contributed by atoms with Gasteiger partial charge in [0.05, 0.1) is 5.56 Å². The number of aryl methyl sites for hydroxylation is 2. The Kier molecular flexibility index (Phi) is 2.94. The Balaban J connectivity index is 3.30. The molecular weight excluding hydrogens is 188 g/mol. The quantitative estimate of drug-likeness (QED) is 0.794. The molecule has 0 spiro atoms. The average Bonchev–Trinajstić information content (AvgIpc) is 2.09. The van der Waals surface area contributed by atoms with E-state index in [0.717, 1.165) is 17.5 Å². The first-order valence-electron chi connectivity index (χ1n) is 4.08. The van der Waals surface area contributed by atoms with Gasteiger partial charge >= 0.3 is 5.97 Å². The van der Waals surface area contributed by atoms with Gasteiger partial charge in [-0.1, -0.05) is 18.5 Å². The fraction of sp³-hybridized carbons (Fsp3) is 0.300. The standard InChI is InChI=1S/C10H11ClO2/c1-3-7-5-8(10(12)13)4-6(2)9(7)11/h4-5H,3H2,1-2H3,(H,12,13). The summed E-state index contributed by atoms with van der Waals surface area (Å²) in [5.41, 5.74) is 2.01. The SMILES string of the molecule is CCc1cc(C(=O)O)cc(C)c1Cl. The van der Waals surface area contributed by atoms with Crippen LogP contribution in [-0.4, -0.2) is 11.1 Å².